The summed E-state index contributed by atoms with van der Waals surface area (Å²) in [5.41, 5.74) is 7.27. The van der Waals surface area contributed by atoms with E-state index in [1.807, 2.05) is 35.2 Å². The summed E-state index contributed by atoms with van der Waals surface area (Å²) in [6, 6.07) is 9.46. The van der Waals surface area contributed by atoms with Crippen LogP contribution in [0.25, 0.3) is 0 Å². The molecule has 6 heteroatoms. The lowest BCUT2D eigenvalue weighted by Gasteiger charge is -2.47. The van der Waals surface area contributed by atoms with E-state index in [0.717, 1.165) is 37.9 Å². The lowest BCUT2D eigenvalue weighted by molar-refractivity contribution is -0.143. The first kappa shape index (κ1) is 18.9. The molecule has 0 bridgehead atoms. The second-order valence-electron chi connectivity index (χ2n) is 7.64. The number of hydrogen-bond acceptors (Lipinski definition) is 4. The van der Waals surface area contributed by atoms with Gasteiger partial charge in [-0.15, -0.1) is 0 Å². The SMILES string of the molecule is N[C@H](CC(=O)N1CCC2(CCC(=O)N(CCO)C2)CC1)c1ccccc1. The van der Waals surface area contributed by atoms with E-state index in [1.165, 1.54) is 0 Å². The molecule has 0 unspecified atom stereocenters. The second-order valence-corrected chi connectivity index (χ2v) is 7.64. The van der Waals surface area contributed by atoms with E-state index in [0.29, 0.717) is 25.9 Å². The molecule has 0 saturated carbocycles. The summed E-state index contributed by atoms with van der Waals surface area (Å²) in [6.45, 7) is 2.57. The smallest absolute Gasteiger partial charge is 0.224 e. The quantitative estimate of drug-likeness (QED) is 0.830. The van der Waals surface area contributed by atoms with Crippen molar-refractivity contribution in [2.75, 3.05) is 32.8 Å². The number of carbonyl (C=O) groups excluding carboxylic acids is 2. The van der Waals surface area contributed by atoms with Crippen LogP contribution in [0.1, 0.15) is 43.7 Å². The molecule has 3 rings (SSSR count). The minimum atomic E-state index is -0.271. The van der Waals surface area contributed by atoms with Crippen molar-refractivity contribution < 1.29 is 14.7 Å². The molecular formula is C20H29N3O3. The van der Waals surface area contributed by atoms with Gasteiger partial charge in [-0.3, -0.25) is 9.59 Å². The molecule has 3 N–H and O–H groups in total. The van der Waals surface area contributed by atoms with E-state index < -0.39 is 0 Å². The molecule has 1 spiro atoms. The van der Waals surface area contributed by atoms with Crippen LogP contribution in [0.2, 0.25) is 0 Å². The van der Waals surface area contributed by atoms with Crippen LogP contribution in [0.15, 0.2) is 30.3 Å². The van der Waals surface area contributed by atoms with Crippen LogP contribution >= 0.6 is 0 Å². The van der Waals surface area contributed by atoms with E-state index >= 15 is 0 Å². The molecule has 1 aromatic carbocycles. The maximum atomic E-state index is 12.6. The van der Waals surface area contributed by atoms with Crippen molar-refractivity contribution in [3.05, 3.63) is 35.9 Å². The number of hydrogen-bond donors (Lipinski definition) is 2. The zero-order valence-corrected chi connectivity index (χ0v) is 15.3. The number of piperidine rings is 2. The molecule has 2 fully saturated rings. The maximum absolute atomic E-state index is 12.6. The van der Waals surface area contributed by atoms with Gasteiger partial charge in [0, 0.05) is 45.1 Å². The van der Waals surface area contributed by atoms with Crippen LogP contribution in [0.3, 0.4) is 0 Å². The summed E-state index contributed by atoms with van der Waals surface area (Å²) < 4.78 is 0. The van der Waals surface area contributed by atoms with Gasteiger partial charge in [-0.2, -0.15) is 0 Å². The zero-order valence-electron chi connectivity index (χ0n) is 15.3. The molecule has 2 aliphatic rings. The highest BCUT2D eigenvalue weighted by molar-refractivity contribution is 5.78. The Labute approximate surface area is 155 Å². The summed E-state index contributed by atoms with van der Waals surface area (Å²) in [5, 5.41) is 9.16. The van der Waals surface area contributed by atoms with Crippen LogP contribution in [-0.4, -0.2) is 59.5 Å². The molecule has 2 amide bonds. The van der Waals surface area contributed by atoms with Gasteiger partial charge in [0.15, 0.2) is 0 Å². The highest BCUT2D eigenvalue weighted by atomic mass is 16.3. The molecule has 142 valence electrons. The number of carbonyl (C=O) groups is 2. The van der Waals surface area contributed by atoms with Crippen LogP contribution in [0.5, 0.6) is 0 Å². The van der Waals surface area contributed by atoms with Crippen LogP contribution in [0, 0.1) is 5.41 Å². The van der Waals surface area contributed by atoms with Crippen LogP contribution in [-0.2, 0) is 9.59 Å². The molecule has 1 atom stereocenters. The fraction of sp³-hybridized carbons (Fsp3) is 0.600. The number of amides is 2. The van der Waals surface area contributed by atoms with Crippen molar-refractivity contribution >= 4 is 11.8 Å². The predicted octanol–water partition coefficient (Wildman–Crippen LogP) is 1.30. The lowest BCUT2D eigenvalue weighted by atomic mass is 9.72. The summed E-state index contributed by atoms with van der Waals surface area (Å²) >= 11 is 0. The fourth-order valence-corrected chi connectivity index (χ4v) is 4.20. The molecule has 6 nitrogen and oxygen atoms in total. The van der Waals surface area contributed by atoms with E-state index in [4.69, 9.17) is 10.8 Å². The number of likely N-dealkylation sites (tertiary alicyclic amines) is 2. The van der Waals surface area contributed by atoms with Gasteiger partial charge in [-0.25, -0.2) is 0 Å². The van der Waals surface area contributed by atoms with Gasteiger partial charge in [0.25, 0.3) is 0 Å². The third-order valence-electron chi connectivity index (χ3n) is 5.92. The largest absolute Gasteiger partial charge is 0.395 e. The number of nitrogens with two attached hydrogens (primary N) is 1. The average Bonchev–Trinajstić information content (AvgIpc) is 2.66. The molecule has 2 heterocycles. The highest BCUT2D eigenvalue weighted by Gasteiger charge is 2.41. The number of aliphatic hydroxyl groups is 1. The Morgan fingerprint density at radius 1 is 1.19 bits per heavy atom. The topological polar surface area (TPSA) is 86.9 Å². The van der Waals surface area contributed by atoms with Crippen molar-refractivity contribution in [3.63, 3.8) is 0 Å². The fourth-order valence-electron chi connectivity index (χ4n) is 4.20. The lowest BCUT2D eigenvalue weighted by Crippen LogP contribution is -2.53. The third-order valence-corrected chi connectivity index (χ3v) is 5.92. The molecule has 2 saturated heterocycles. The van der Waals surface area contributed by atoms with E-state index in [2.05, 4.69) is 0 Å². The van der Waals surface area contributed by atoms with Gasteiger partial charge >= 0.3 is 0 Å². The number of nitrogens with zero attached hydrogens (tertiary/aromatic N) is 2. The van der Waals surface area contributed by atoms with Gasteiger partial charge in [0.2, 0.25) is 11.8 Å². The van der Waals surface area contributed by atoms with Crippen molar-refractivity contribution in [1.82, 2.24) is 9.80 Å². The second kappa shape index (κ2) is 8.18. The van der Waals surface area contributed by atoms with Crippen LogP contribution in [0.4, 0.5) is 0 Å². The monoisotopic (exact) mass is 359 g/mol. The van der Waals surface area contributed by atoms with E-state index in [1.54, 1.807) is 4.90 Å². The average molecular weight is 359 g/mol. The predicted molar refractivity (Wildman–Crippen MR) is 99.1 cm³/mol. The van der Waals surface area contributed by atoms with Gasteiger partial charge in [0.05, 0.1) is 6.61 Å². The Kier molecular flexibility index (Phi) is 5.94. The first-order chi connectivity index (χ1) is 12.5. The number of benzene rings is 1. The standard InChI is InChI=1S/C20H29N3O3/c21-17(16-4-2-1-3-5-16)14-19(26)22-10-8-20(9-11-22)7-6-18(25)23(15-20)12-13-24/h1-5,17,24H,6-15,21H2/t17-/m1/s1. The van der Waals surface area contributed by atoms with Gasteiger partial charge in [0.1, 0.15) is 0 Å². The highest BCUT2D eigenvalue weighted by Crippen LogP contribution is 2.40. The van der Waals surface area contributed by atoms with Gasteiger partial charge < -0.3 is 20.6 Å². The number of aliphatic hydroxyl groups excluding tert-OH is 1. The van der Waals surface area contributed by atoms with Crippen molar-refractivity contribution in [2.45, 2.75) is 38.1 Å². The molecule has 0 aliphatic carbocycles. The van der Waals surface area contributed by atoms with E-state index in [-0.39, 0.29) is 29.9 Å². The normalized spacial score (nSPS) is 21.1. The summed E-state index contributed by atoms with van der Waals surface area (Å²) in [4.78, 5) is 28.3. The van der Waals surface area contributed by atoms with Gasteiger partial charge in [-0.05, 0) is 30.2 Å². The number of rotatable bonds is 5. The minimum Gasteiger partial charge on any atom is -0.395 e. The summed E-state index contributed by atoms with van der Waals surface area (Å²) in [5.74, 6) is 0.243. The maximum Gasteiger partial charge on any atom is 0.224 e. The minimum absolute atomic E-state index is 0.00378. The third kappa shape index (κ3) is 4.24. The van der Waals surface area contributed by atoms with Crippen molar-refractivity contribution in [1.29, 1.82) is 0 Å². The van der Waals surface area contributed by atoms with Crippen LogP contribution < -0.4 is 5.73 Å². The Morgan fingerprint density at radius 2 is 1.88 bits per heavy atom. The van der Waals surface area contributed by atoms with Crippen molar-refractivity contribution in [3.8, 4) is 0 Å². The molecular weight excluding hydrogens is 330 g/mol. The molecule has 0 aromatic heterocycles. The van der Waals surface area contributed by atoms with E-state index in [9.17, 15) is 9.59 Å². The Bertz CT molecular complexity index is 626. The molecule has 0 radical (unpaired) electrons. The molecule has 26 heavy (non-hydrogen) atoms. The van der Waals surface area contributed by atoms with Gasteiger partial charge in [-0.1, -0.05) is 30.3 Å². The zero-order chi connectivity index (χ0) is 18.6. The number of β-amino-alcohol motifs (C(OH)–C–C–N with tert-alkyl or cyclic N) is 1. The first-order valence-corrected chi connectivity index (χ1v) is 9.50. The first-order valence-electron chi connectivity index (χ1n) is 9.50. The van der Waals surface area contributed by atoms with Crippen molar-refractivity contribution in [2.24, 2.45) is 11.1 Å². The Balaban J connectivity index is 1.53. The molecule has 2 aliphatic heterocycles. The summed E-state index contributed by atoms with van der Waals surface area (Å²) in [6.07, 6.45) is 3.58. The molecule has 1 aromatic rings. The summed E-state index contributed by atoms with van der Waals surface area (Å²) in [7, 11) is 0. The Morgan fingerprint density at radius 3 is 2.54 bits per heavy atom. The Hall–Kier alpha value is -1.92.